The molecule has 0 aromatic heterocycles. The smallest absolute Gasteiger partial charge is 0.140 e. The van der Waals surface area contributed by atoms with E-state index >= 15 is 0 Å². The molecule has 2 rings (SSSR count). The third-order valence-corrected chi connectivity index (χ3v) is 2.75. The van der Waals surface area contributed by atoms with Gasteiger partial charge in [-0.25, -0.2) is 4.39 Å². The first-order valence-electron chi connectivity index (χ1n) is 5.46. The number of halogens is 2. The maximum absolute atomic E-state index is 13.2. The van der Waals surface area contributed by atoms with Crippen LogP contribution in [0, 0.1) is 17.1 Å². The summed E-state index contributed by atoms with van der Waals surface area (Å²) < 4.78 is 18.7. The van der Waals surface area contributed by atoms with E-state index in [0.29, 0.717) is 22.0 Å². The zero-order valence-electron chi connectivity index (χ0n) is 9.86. The number of ether oxygens (including phenoxy) is 1. The van der Waals surface area contributed by atoms with Crippen LogP contribution in [0.5, 0.6) is 5.75 Å². The van der Waals surface area contributed by atoms with E-state index in [2.05, 4.69) is 0 Å². The van der Waals surface area contributed by atoms with Gasteiger partial charge < -0.3 is 10.5 Å². The summed E-state index contributed by atoms with van der Waals surface area (Å²) in [5.74, 6) is -0.0549. The van der Waals surface area contributed by atoms with Gasteiger partial charge in [0.25, 0.3) is 0 Å². The molecule has 2 aromatic rings. The molecule has 0 aliphatic carbocycles. The second kappa shape index (κ2) is 5.59. The zero-order valence-corrected chi connectivity index (χ0v) is 10.6. The molecule has 0 saturated carbocycles. The molecule has 0 spiro atoms. The molecule has 0 amide bonds. The highest BCUT2D eigenvalue weighted by molar-refractivity contribution is 6.32. The van der Waals surface area contributed by atoms with Gasteiger partial charge in [0.2, 0.25) is 0 Å². The molecule has 0 radical (unpaired) electrons. The molecule has 5 heteroatoms. The van der Waals surface area contributed by atoms with Gasteiger partial charge in [0.1, 0.15) is 18.2 Å². The van der Waals surface area contributed by atoms with Crippen LogP contribution in [0.15, 0.2) is 36.4 Å². The molecule has 2 N–H and O–H groups in total. The Hall–Kier alpha value is -2.25. The lowest BCUT2D eigenvalue weighted by molar-refractivity contribution is 0.306. The average Bonchev–Trinajstić information content (AvgIpc) is 2.39. The first kappa shape index (κ1) is 13.2. The number of hydrogen-bond donors (Lipinski definition) is 1. The van der Waals surface area contributed by atoms with E-state index in [9.17, 15) is 4.39 Å². The Morgan fingerprint density at radius 2 is 2.05 bits per heavy atom. The molecule has 0 unspecified atom stereocenters. The molecular formula is C14H10ClFN2O. The van der Waals surface area contributed by atoms with Crippen molar-refractivity contribution in [2.24, 2.45) is 0 Å². The average molecular weight is 277 g/mol. The highest BCUT2D eigenvalue weighted by atomic mass is 35.5. The van der Waals surface area contributed by atoms with Crippen molar-refractivity contribution in [3.63, 3.8) is 0 Å². The minimum atomic E-state index is -0.476. The van der Waals surface area contributed by atoms with Crippen molar-refractivity contribution >= 4 is 17.3 Å². The Kier molecular flexibility index (Phi) is 3.88. The number of anilines is 1. The summed E-state index contributed by atoms with van der Waals surface area (Å²) in [4.78, 5) is 0. The minimum absolute atomic E-state index is 0.107. The Labute approximate surface area is 115 Å². The van der Waals surface area contributed by atoms with Gasteiger partial charge in [0.05, 0.1) is 16.7 Å². The third kappa shape index (κ3) is 3.36. The van der Waals surface area contributed by atoms with Crippen molar-refractivity contribution in [1.29, 1.82) is 5.26 Å². The lowest BCUT2D eigenvalue weighted by Gasteiger charge is -2.09. The summed E-state index contributed by atoms with van der Waals surface area (Å²) in [6.07, 6.45) is 0. The van der Waals surface area contributed by atoms with Gasteiger partial charge >= 0.3 is 0 Å². The summed E-state index contributed by atoms with van der Waals surface area (Å²) in [6, 6.07) is 10.8. The number of benzene rings is 2. The lowest BCUT2D eigenvalue weighted by Crippen LogP contribution is -1.98. The van der Waals surface area contributed by atoms with E-state index < -0.39 is 5.82 Å². The zero-order chi connectivity index (χ0) is 13.8. The molecule has 3 nitrogen and oxygen atoms in total. The number of nitrogen functional groups attached to an aromatic ring is 1. The fourth-order valence-corrected chi connectivity index (χ4v) is 1.76. The maximum atomic E-state index is 13.2. The number of hydrogen-bond acceptors (Lipinski definition) is 3. The van der Waals surface area contributed by atoms with Crippen LogP contribution in [0.2, 0.25) is 5.02 Å². The van der Waals surface area contributed by atoms with Crippen LogP contribution >= 0.6 is 11.6 Å². The van der Waals surface area contributed by atoms with Gasteiger partial charge in [-0.1, -0.05) is 11.6 Å². The summed E-state index contributed by atoms with van der Waals surface area (Å²) in [7, 11) is 0. The van der Waals surface area contributed by atoms with E-state index in [-0.39, 0.29) is 12.2 Å². The first-order chi connectivity index (χ1) is 9.08. The second-order valence-electron chi connectivity index (χ2n) is 3.94. The van der Waals surface area contributed by atoms with Crippen molar-refractivity contribution in [3.05, 3.63) is 58.4 Å². The molecular weight excluding hydrogens is 267 g/mol. The van der Waals surface area contributed by atoms with Gasteiger partial charge in [-0.3, -0.25) is 0 Å². The first-order valence-corrected chi connectivity index (χ1v) is 5.83. The number of rotatable bonds is 3. The normalized spacial score (nSPS) is 9.95. The fraction of sp³-hybridized carbons (Fsp3) is 0.0714. The molecule has 0 fully saturated rings. The van der Waals surface area contributed by atoms with Gasteiger partial charge in [0, 0.05) is 11.8 Å². The Balaban J connectivity index is 2.17. The van der Waals surface area contributed by atoms with E-state index in [1.807, 2.05) is 6.07 Å². The summed E-state index contributed by atoms with van der Waals surface area (Å²) in [5, 5.41) is 9.18. The number of nitrogens with zero attached hydrogens (tertiary/aromatic N) is 1. The van der Waals surface area contributed by atoms with Gasteiger partial charge in [-0.15, -0.1) is 0 Å². The molecule has 0 heterocycles. The van der Waals surface area contributed by atoms with Crippen molar-refractivity contribution < 1.29 is 9.13 Å². The largest absolute Gasteiger partial charge is 0.487 e. The molecule has 0 aliphatic heterocycles. The highest BCUT2D eigenvalue weighted by Crippen LogP contribution is 2.27. The predicted octanol–water partition coefficient (Wildman–Crippen LogP) is 3.51. The minimum Gasteiger partial charge on any atom is -0.487 e. The summed E-state index contributed by atoms with van der Waals surface area (Å²) in [5.41, 5.74) is 6.95. The quantitative estimate of drug-likeness (QED) is 0.873. The molecule has 0 saturated heterocycles. The van der Waals surface area contributed by atoms with Gasteiger partial charge in [-0.2, -0.15) is 5.26 Å². The van der Waals surface area contributed by atoms with Crippen molar-refractivity contribution in [2.75, 3.05) is 5.73 Å². The van der Waals surface area contributed by atoms with Crippen molar-refractivity contribution in [2.45, 2.75) is 6.61 Å². The molecule has 0 bridgehead atoms. The third-order valence-electron chi connectivity index (χ3n) is 2.44. The lowest BCUT2D eigenvalue weighted by atomic mass is 10.1. The van der Waals surface area contributed by atoms with Crippen molar-refractivity contribution in [3.8, 4) is 11.8 Å². The maximum Gasteiger partial charge on any atom is 0.140 e. The standard InChI is InChI=1S/C14H10ClFN2O/c15-13-2-1-12(18)6-14(13)19-8-10-3-9(7-17)4-11(16)5-10/h1-6H,8,18H2. The molecule has 0 atom stereocenters. The van der Waals surface area contributed by atoms with Crippen LogP contribution < -0.4 is 10.5 Å². The van der Waals surface area contributed by atoms with Crippen LogP contribution in [-0.2, 0) is 6.61 Å². The molecule has 19 heavy (non-hydrogen) atoms. The van der Waals surface area contributed by atoms with E-state index in [4.69, 9.17) is 27.3 Å². The topological polar surface area (TPSA) is 59.0 Å². The fourth-order valence-electron chi connectivity index (χ4n) is 1.59. The Morgan fingerprint density at radius 1 is 1.26 bits per heavy atom. The summed E-state index contributed by atoms with van der Waals surface area (Å²) >= 11 is 5.95. The van der Waals surface area contributed by atoms with Crippen LogP contribution in [0.25, 0.3) is 0 Å². The Morgan fingerprint density at radius 3 is 2.79 bits per heavy atom. The number of nitrogens with two attached hydrogens (primary N) is 1. The molecule has 0 aliphatic rings. The summed E-state index contributed by atoms with van der Waals surface area (Å²) in [6.45, 7) is 0.107. The van der Waals surface area contributed by atoms with E-state index in [0.717, 1.165) is 6.07 Å². The Bertz CT molecular complexity index is 652. The van der Waals surface area contributed by atoms with Crippen LogP contribution in [-0.4, -0.2) is 0 Å². The molecule has 96 valence electrons. The van der Waals surface area contributed by atoms with Crippen LogP contribution in [0.4, 0.5) is 10.1 Å². The van der Waals surface area contributed by atoms with Gasteiger partial charge in [-0.05, 0) is 35.9 Å². The van der Waals surface area contributed by atoms with Crippen LogP contribution in [0.3, 0.4) is 0 Å². The monoisotopic (exact) mass is 276 g/mol. The van der Waals surface area contributed by atoms with E-state index in [1.165, 1.54) is 6.07 Å². The van der Waals surface area contributed by atoms with Crippen LogP contribution in [0.1, 0.15) is 11.1 Å². The van der Waals surface area contributed by atoms with E-state index in [1.54, 1.807) is 24.3 Å². The van der Waals surface area contributed by atoms with Gasteiger partial charge in [0.15, 0.2) is 0 Å². The predicted molar refractivity (Wildman–Crippen MR) is 71.3 cm³/mol. The van der Waals surface area contributed by atoms with Crippen molar-refractivity contribution in [1.82, 2.24) is 0 Å². The number of nitriles is 1. The second-order valence-corrected chi connectivity index (χ2v) is 4.35. The highest BCUT2D eigenvalue weighted by Gasteiger charge is 2.05. The SMILES string of the molecule is N#Cc1cc(F)cc(COc2cc(N)ccc2Cl)c1. The molecule has 2 aromatic carbocycles.